The summed E-state index contributed by atoms with van der Waals surface area (Å²) in [5.74, 6) is 0.186. The summed E-state index contributed by atoms with van der Waals surface area (Å²) in [5, 5.41) is 4.55. The number of nitrogens with one attached hydrogen (secondary N) is 1. The van der Waals surface area contributed by atoms with Gasteiger partial charge in [0.1, 0.15) is 0 Å². The van der Waals surface area contributed by atoms with Crippen LogP contribution in [0.3, 0.4) is 0 Å². The van der Waals surface area contributed by atoms with Crippen molar-refractivity contribution in [1.82, 2.24) is 10.2 Å². The van der Waals surface area contributed by atoms with Crippen molar-refractivity contribution in [3.8, 4) is 0 Å². The number of Topliss-reactive ketones (excluding diaryl/α,β-unsaturated/α-hetero) is 1. The number of rotatable bonds is 4. The zero-order chi connectivity index (χ0) is 13.7. The molecule has 0 radical (unpaired) electrons. The normalized spacial score (nSPS) is 17.2. The van der Waals surface area contributed by atoms with E-state index in [1.165, 1.54) is 0 Å². The van der Waals surface area contributed by atoms with E-state index in [1.807, 2.05) is 0 Å². The number of hydrogen-bond donors (Lipinski definition) is 1. The van der Waals surface area contributed by atoms with Crippen molar-refractivity contribution in [1.29, 1.82) is 0 Å². The lowest BCUT2D eigenvalue weighted by atomic mass is 10.1. The highest BCUT2D eigenvalue weighted by Gasteiger charge is 2.14. The van der Waals surface area contributed by atoms with Crippen LogP contribution in [-0.4, -0.2) is 43.4 Å². The molecule has 1 aromatic carbocycles. The largest absolute Gasteiger partial charge is 0.315 e. The molecule has 0 bridgehead atoms. The van der Waals surface area contributed by atoms with Gasteiger partial charge >= 0.3 is 0 Å². The van der Waals surface area contributed by atoms with Gasteiger partial charge in [-0.15, -0.1) is 0 Å². The van der Waals surface area contributed by atoms with E-state index in [0.29, 0.717) is 23.0 Å². The molecule has 1 aliphatic heterocycles. The molecule has 1 fully saturated rings. The average Bonchev–Trinajstić information content (AvgIpc) is 2.62. The number of benzene rings is 1. The summed E-state index contributed by atoms with van der Waals surface area (Å²) in [6.45, 7) is 4.37. The number of carbonyl (C=O) groups is 1. The lowest BCUT2D eigenvalue weighted by molar-refractivity contribution is -0.119. The van der Waals surface area contributed by atoms with Gasteiger partial charge in [-0.05, 0) is 43.3 Å². The van der Waals surface area contributed by atoms with Crippen molar-refractivity contribution in [3.63, 3.8) is 0 Å². The van der Waals surface area contributed by atoms with Gasteiger partial charge in [0.25, 0.3) is 0 Å². The summed E-state index contributed by atoms with van der Waals surface area (Å²) < 4.78 is 0. The van der Waals surface area contributed by atoms with Crippen LogP contribution in [0.5, 0.6) is 0 Å². The van der Waals surface area contributed by atoms with Crippen molar-refractivity contribution in [2.45, 2.75) is 12.8 Å². The lowest BCUT2D eigenvalue weighted by Crippen LogP contribution is -2.33. The Bertz CT molecular complexity index is 443. The molecule has 19 heavy (non-hydrogen) atoms. The summed E-state index contributed by atoms with van der Waals surface area (Å²) in [6.07, 6.45) is 1.44. The van der Waals surface area contributed by atoms with Gasteiger partial charge in [-0.1, -0.05) is 23.2 Å². The van der Waals surface area contributed by atoms with Gasteiger partial charge in [0.05, 0.1) is 6.54 Å². The summed E-state index contributed by atoms with van der Waals surface area (Å²) in [7, 11) is 0. The van der Waals surface area contributed by atoms with Crippen LogP contribution in [0.2, 0.25) is 10.0 Å². The second-order valence-corrected chi connectivity index (χ2v) is 5.67. The van der Waals surface area contributed by atoms with Crippen LogP contribution >= 0.6 is 23.2 Å². The van der Waals surface area contributed by atoms with Gasteiger partial charge in [-0.3, -0.25) is 9.69 Å². The van der Waals surface area contributed by atoms with Gasteiger partial charge in [-0.2, -0.15) is 0 Å². The van der Waals surface area contributed by atoms with Crippen LogP contribution in [0.15, 0.2) is 18.2 Å². The summed E-state index contributed by atoms with van der Waals surface area (Å²) in [4.78, 5) is 14.3. The molecule has 0 unspecified atom stereocenters. The smallest absolute Gasteiger partial charge is 0.151 e. The van der Waals surface area contributed by atoms with Crippen molar-refractivity contribution in [3.05, 3.63) is 33.8 Å². The fourth-order valence-electron chi connectivity index (χ4n) is 2.26. The Labute approximate surface area is 123 Å². The number of ketones is 1. The Kier molecular flexibility index (Phi) is 5.64. The topological polar surface area (TPSA) is 32.3 Å². The van der Waals surface area contributed by atoms with E-state index in [4.69, 9.17) is 23.2 Å². The molecule has 0 aromatic heterocycles. The molecule has 1 heterocycles. The molecular weight excluding hydrogens is 283 g/mol. The predicted octanol–water partition coefficient (Wildman–Crippen LogP) is 2.40. The Hall–Kier alpha value is -0.610. The highest BCUT2D eigenvalue weighted by Crippen LogP contribution is 2.21. The third-order valence-electron chi connectivity index (χ3n) is 3.23. The van der Waals surface area contributed by atoms with E-state index >= 15 is 0 Å². The molecule has 104 valence electrons. The van der Waals surface area contributed by atoms with Crippen molar-refractivity contribution < 1.29 is 4.79 Å². The molecule has 1 saturated heterocycles. The number of halogens is 2. The zero-order valence-corrected chi connectivity index (χ0v) is 12.3. The third-order valence-corrected chi connectivity index (χ3v) is 3.83. The fourth-order valence-corrected chi connectivity index (χ4v) is 2.64. The molecule has 2 rings (SSSR count). The Morgan fingerprint density at radius 3 is 2.95 bits per heavy atom. The summed E-state index contributed by atoms with van der Waals surface area (Å²) in [6, 6.07) is 5.24. The SMILES string of the molecule is O=C(Cc1cc(Cl)ccc1Cl)CN1CCCNCC1. The second-order valence-electron chi connectivity index (χ2n) is 4.83. The molecule has 0 atom stereocenters. The van der Waals surface area contributed by atoms with Crippen LogP contribution in [0.1, 0.15) is 12.0 Å². The standard InChI is InChI=1S/C14H18Cl2N2O/c15-12-2-3-14(16)11(8-12)9-13(19)10-18-6-1-4-17-5-7-18/h2-3,8,17H,1,4-7,9-10H2. The minimum atomic E-state index is 0.186. The van der Waals surface area contributed by atoms with Gasteiger partial charge < -0.3 is 5.32 Å². The van der Waals surface area contributed by atoms with E-state index in [1.54, 1.807) is 18.2 Å². The van der Waals surface area contributed by atoms with Crippen LogP contribution in [-0.2, 0) is 11.2 Å². The first kappa shape index (κ1) is 14.8. The predicted molar refractivity (Wildman–Crippen MR) is 79.1 cm³/mol. The van der Waals surface area contributed by atoms with Crippen molar-refractivity contribution in [2.24, 2.45) is 0 Å². The molecule has 1 aromatic rings. The minimum Gasteiger partial charge on any atom is -0.315 e. The molecule has 0 aliphatic carbocycles. The Balaban J connectivity index is 1.91. The maximum absolute atomic E-state index is 12.1. The van der Waals surface area contributed by atoms with Crippen molar-refractivity contribution >= 4 is 29.0 Å². The summed E-state index contributed by atoms with van der Waals surface area (Å²) in [5.41, 5.74) is 0.812. The minimum absolute atomic E-state index is 0.186. The molecular formula is C14H18Cl2N2O. The van der Waals surface area contributed by atoms with E-state index in [0.717, 1.165) is 38.2 Å². The maximum atomic E-state index is 12.1. The number of carbonyl (C=O) groups excluding carboxylic acids is 1. The molecule has 0 amide bonds. The van der Waals surface area contributed by atoms with Gasteiger partial charge in [0.15, 0.2) is 5.78 Å². The highest BCUT2D eigenvalue weighted by atomic mass is 35.5. The second kappa shape index (κ2) is 7.25. The van der Waals surface area contributed by atoms with Crippen LogP contribution in [0.25, 0.3) is 0 Å². The Morgan fingerprint density at radius 2 is 2.11 bits per heavy atom. The average molecular weight is 301 g/mol. The van der Waals surface area contributed by atoms with E-state index in [2.05, 4.69) is 10.2 Å². The monoisotopic (exact) mass is 300 g/mol. The van der Waals surface area contributed by atoms with Crippen LogP contribution in [0.4, 0.5) is 0 Å². The van der Waals surface area contributed by atoms with Crippen LogP contribution < -0.4 is 5.32 Å². The number of nitrogens with zero attached hydrogens (tertiary/aromatic N) is 1. The maximum Gasteiger partial charge on any atom is 0.151 e. The van der Waals surface area contributed by atoms with Gasteiger partial charge in [-0.25, -0.2) is 0 Å². The molecule has 0 saturated carbocycles. The molecule has 1 N–H and O–H groups in total. The third kappa shape index (κ3) is 4.77. The van der Waals surface area contributed by atoms with E-state index in [9.17, 15) is 4.79 Å². The van der Waals surface area contributed by atoms with Gasteiger partial charge in [0.2, 0.25) is 0 Å². The van der Waals surface area contributed by atoms with Crippen LogP contribution in [0, 0.1) is 0 Å². The highest BCUT2D eigenvalue weighted by molar-refractivity contribution is 6.33. The van der Waals surface area contributed by atoms with Gasteiger partial charge in [0, 0.05) is 29.6 Å². The van der Waals surface area contributed by atoms with E-state index in [-0.39, 0.29) is 5.78 Å². The molecule has 3 nitrogen and oxygen atoms in total. The number of hydrogen-bond acceptors (Lipinski definition) is 3. The first-order valence-corrected chi connectivity index (χ1v) is 7.29. The molecule has 5 heteroatoms. The lowest BCUT2D eigenvalue weighted by Gasteiger charge is -2.18. The molecule has 0 spiro atoms. The fraction of sp³-hybridized carbons (Fsp3) is 0.500. The van der Waals surface area contributed by atoms with E-state index < -0.39 is 0 Å². The zero-order valence-electron chi connectivity index (χ0n) is 10.8. The van der Waals surface area contributed by atoms with Crippen molar-refractivity contribution in [2.75, 3.05) is 32.7 Å². The first-order valence-electron chi connectivity index (χ1n) is 6.54. The first-order chi connectivity index (χ1) is 9.15. The Morgan fingerprint density at radius 1 is 1.26 bits per heavy atom. The quantitative estimate of drug-likeness (QED) is 0.927. The molecule has 1 aliphatic rings. The summed E-state index contributed by atoms with van der Waals surface area (Å²) >= 11 is 12.0.